The third-order valence-electron chi connectivity index (χ3n) is 5.75. The molecule has 0 spiro atoms. The van der Waals surface area contributed by atoms with Crippen molar-refractivity contribution in [3.8, 4) is 0 Å². The maximum absolute atomic E-state index is 12.2. The van der Waals surface area contributed by atoms with Crippen molar-refractivity contribution in [3.05, 3.63) is 0 Å². The summed E-state index contributed by atoms with van der Waals surface area (Å²) in [6, 6.07) is 0. The van der Waals surface area contributed by atoms with E-state index in [1.54, 1.807) is 0 Å². The Bertz CT molecular complexity index is 376. The molecule has 0 aliphatic carbocycles. The predicted octanol–water partition coefficient (Wildman–Crippen LogP) is 5.95. The molecule has 0 bridgehead atoms. The third-order valence-corrected chi connectivity index (χ3v) is 5.75. The first kappa shape index (κ1) is 24.4. The van der Waals surface area contributed by atoms with Gasteiger partial charge in [-0.05, 0) is 48.3 Å². The van der Waals surface area contributed by atoms with Crippen LogP contribution < -0.4 is 5.73 Å². The lowest BCUT2D eigenvalue weighted by Gasteiger charge is -2.39. The van der Waals surface area contributed by atoms with Crippen LogP contribution in [0.15, 0.2) is 0 Å². The Labute approximate surface area is 157 Å². The van der Waals surface area contributed by atoms with Gasteiger partial charge in [0.1, 0.15) is 6.10 Å². The molecule has 25 heavy (non-hydrogen) atoms. The minimum atomic E-state index is -0.138. The van der Waals surface area contributed by atoms with Crippen LogP contribution in [0.1, 0.15) is 100 Å². The topological polar surface area (TPSA) is 52.3 Å². The Hall–Kier alpha value is -0.570. The summed E-state index contributed by atoms with van der Waals surface area (Å²) in [6.07, 6.45) is 6.91. The molecule has 0 rings (SSSR count). The van der Waals surface area contributed by atoms with Gasteiger partial charge < -0.3 is 10.5 Å². The predicted molar refractivity (Wildman–Crippen MR) is 108 cm³/mol. The number of rotatable bonds is 13. The van der Waals surface area contributed by atoms with E-state index in [0.29, 0.717) is 30.2 Å². The zero-order chi connectivity index (χ0) is 19.7. The summed E-state index contributed by atoms with van der Waals surface area (Å²) >= 11 is 0. The van der Waals surface area contributed by atoms with Crippen LogP contribution in [-0.4, -0.2) is 18.6 Å². The van der Waals surface area contributed by atoms with E-state index >= 15 is 0 Å². The van der Waals surface area contributed by atoms with Crippen LogP contribution in [-0.2, 0) is 9.53 Å². The number of carbonyl (C=O) groups excluding carboxylic acids is 1. The van der Waals surface area contributed by atoms with Gasteiger partial charge in [-0.3, -0.25) is 4.79 Å². The van der Waals surface area contributed by atoms with E-state index in [1.807, 2.05) is 0 Å². The molecule has 0 aromatic rings. The van der Waals surface area contributed by atoms with Crippen molar-refractivity contribution in [1.29, 1.82) is 0 Å². The molecule has 0 aromatic heterocycles. The summed E-state index contributed by atoms with van der Waals surface area (Å²) < 4.78 is 5.95. The first-order chi connectivity index (χ1) is 11.5. The van der Waals surface area contributed by atoms with E-state index in [0.717, 1.165) is 32.1 Å². The molecule has 0 saturated heterocycles. The number of nitrogens with two attached hydrogens (primary N) is 1. The maximum Gasteiger partial charge on any atom is 0.307 e. The second-order valence-corrected chi connectivity index (χ2v) is 9.55. The number of ether oxygens (including phenoxy) is 1. The number of esters is 1. The number of carbonyl (C=O) groups is 1. The minimum absolute atomic E-state index is 0.000654. The van der Waals surface area contributed by atoms with Crippen molar-refractivity contribution >= 4 is 5.97 Å². The van der Waals surface area contributed by atoms with E-state index in [4.69, 9.17) is 10.5 Å². The molecule has 0 saturated carbocycles. The maximum atomic E-state index is 12.2. The normalized spacial score (nSPS) is 16.4. The fraction of sp³-hybridized carbons (Fsp3) is 0.955. The van der Waals surface area contributed by atoms with Crippen molar-refractivity contribution in [2.45, 2.75) is 106 Å². The molecular weight excluding hydrogens is 310 g/mol. The molecule has 3 heteroatoms. The minimum Gasteiger partial charge on any atom is -0.462 e. The van der Waals surface area contributed by atoms with Crippen molar-refractivity contribution in [2.75, 3.05) is 6.54 Å². The van der Waals surface area contributed by atoms with Gasteiger partial charge in [-0.25, -0.2) is 0 Å². The van der Waals surface area contributed by atoms with Crippen LogP contribution >= 0.6 is 0 Å². The molecule has 0 amide bonds. The van der Waals surface area contributed by atoms with E-state index in [9.17, 15) is 4.79 Å². The fourth-order valence-corrected chi connectivity index (χ4v) is 3.95. The Kier molecular flexibility index (Phi) is 11.0. The molecule has 3 unspecified atom stereocenters. The van der Waals surface area contributed by atoms with Gasteiger partial charge in [-0.15, -0.1) is 0 Å². The van der Waals surface area contributed by atoms with Crippen LogP contribution in [0.3, 0.4) is 0 Å². The fourth-order valence-electron chi connectivity index (χ4n) is 3.95. The van der Waals surface area contributed by atoms with Crippen LogP contribution in [0.4, 0.5) is 0 Å². The smallest absolute Gasteiger partial charge is 0.307 e. The highest BCUT2D eigenvalue weighted by atomic mass is 16.5. The van der Waals surface area contributed by atoms with E-state index in [2.05, 4.69) is 55.4 Å². The monoisotopic (exact) mass is 355 g/mol. The molecule has 3 nitrogen and oxygen atoms in total. The zero-order valence-electron chi connectivity index (χ0n) is 18.3. The van der Waals surface area contributed by atoms with Gasteiger partial charge in [0.25, 0.3) is 0 Å². The van der Waals surface area contributed by atoms with Gasteiger partial charge >= 0.3 is 5.97 Å². The van der Waals surface area contributed by atoms with E-state index in [1.165, 1.54) is 6.42 Å². The van der Waals surface area contributed by atoms with Crippen molar-refractivity contribution in [2.24, 2.45) is 28.4 Å². The Morgan fingerprint density at radius 1 is 1.04 bits per heavy atom. The van der Waals surface area contributed by atoms with Crippen molar-refractivity contribution in [3.63, 3.8) is 0 Å². The molecule has 150 valence electrons. The summed E-state index contributed by atoms with van der Waals surface area (Å²) in [6.45, 7) is 18.7. The van der Waals surface area contributed by atoms with Gasteiger partial charge in [-0.2, -0.15) is 0 Å². The SMILES string of the molecule is CCC(C)CC(CC)C(CC(C)(C)CC(C)(C)CC)OC(=O)CCN. The molecule has 0 aromatic carbocycles. The molecule has 0 aliphatic rings. The largest absolute Gasteiger partial charge is 0.462 e. The highest BCUT2D eigenvalue weighted by molar-refractivity contribution is 5.69. The Morgan fingerprint density at radius 3 is 2.08 bits per heavy atom. The first-order valence-corrected chi connectivity index (χ1v) is 10.4. The summed E-state index contributed by atoms with van der Waals surface area (Å²) in [5, 5.41) is 0. The average Bonchev–Trinajstić information content (AvgIpc) is 2.50. The van der Waals surface area contributed by atoms with Gasteiger partial charge in [0.15, 0.2) is 0 Å². The second kappa shape index (κ2) is 11.2. The molecule has 2 N–H and O–H groups in total. The summed E-state index contributed by atoms with van der Waals surface area (Å²) in [5.41, 5.74) is 6.01. The Balaban J connectivity index is 5.24. The zero-order valence-corrected chi connectivity index (χ0v) is 18.3. The van der Waals surface area contributed by atoms with Crippen molar-refractivity contribution < 1.29 is 9.53 Å². The highest BCUT2D eigenvalue weighted by Gasteiger charge is 2.34. The van der Waals surface area contributed by atoms with Gasteiger partial charge in [-0.1, -0.05) is 68.2 Å². The lowest BCUT2D eigenvalue weighted by Crippen LogP contribution is -2.35. The molecule has 0 fully saturated rings. The molecule has 3 atom stereocenters. The molecule has 0 heterocycles. The van der Waals surface area contributed by atoms with Gasteiger partial charge in [0.2, 0.25) is 0 Å². The van der Waals surface area contributed by atoms with Crippen LogP contribution in [0.25, 0.3) is 0 Å². The summed E-state index contributed by atoms with van der Waals surface area (Å²) in [7, 11) is 0. The molecule has 0 radical (unpaired) electrons. The number of hydrogen-bond acceptors (Lipinski definition) is 3. The third kappa shape index (κ3) is 10.2. The van der Waals surface area contributed by atoms with E-state index in [-0.39, 0.29) is 17.5 Å². The highest BCUT2D eigenvalue weighted by Crippen LogP contribution is 2.41. The summed E-state index contributed by atoms with van der Waals surface area (Å²) in [4.78, 5) is 12.2. The van der Waals surface area contributed by atoms with Crippen molar-refractivity contribution in [1.82, 2.24) is 0 Å². The lowest BCUT2D eigenvalue weighted by atomic mass is 9.69. The summed E-state index contributed by atoms with van der Waals surface area (Å²) in [5.74, 6) is 0.956. The molecular formula is C22H45NO2. The number of hydrogen-bond donors (Lipinski definition) is 1. The van der Waals surface area contributed by atoms with Crippen LogP contribution in [0.2, 0.25) is 0 Å². The van der Waals surface area contributed by atoms with E-state index < -0.39 is 0 Å². The van der Waals surface area contributed by atoms with Crippen LogP contribution in [0.5, 0.6) is 0 Å². The van der Waals surface area contributed by atoms with Crippen LogP contribution in [0, 0.1) is 22.7 Å². The quantitative estimate of drug-likeness (QED) is 0.415. The first-order valence-electron chi connectivity index (χ1n) is 10.4. The average molecular weight is 356 g/mol. The van der Waals surface area contributed by atoms with Gasteiger partial charge in [0.05, 0.1) is 6.42 Å². The van der Waals surface area contributed by atoms with Gasteiger partial charge in [0, 0.05) is 6.54 Å². The lowest BCUT2D eigenvalue weighted by molar-refractivity contribution is -0.154. The molecule has 0 aliphatic heterocycles. The standard InChI is InChI=1S/C22H45NO2/c1-9-17(4)14-18(10-2)19(25-20(24)12-13-23)15-22(7,8)16-21(5,6)11-3/h17-19H,9-16,23H2,1-8H3. The second-order valence-electron chi connectivity index (χ2n) is 9.55. The Morgan fingerprint density at radius 2 is 1.64 bits per heavy atom.